The quantitative estimate of drug-likeness (QED) is 0.444. The molecule has 0 aliphatic rings. The van der Waals surface area contributed by atoms with E-state index in [1.54, 1.807) is 0 Å². The average molecular weight is 305 g/mol. The lowest BCUT2D eigenvalue weighted by molar-refractivity contribution is 0.210. The number of rotatable bonds is 12. The number of unbranched alkanes of at least 4 members (excludes halogenated alkanes) is 8. The van der Waals surface area contributed by atoms with Crippen LogP contribution in [0.25, 0.3) is 0 Å². The van der Waals surface area contributed by atoms with Gasteiger partial charge in [-0.1, -0.05) is 64.7 Å². The highest BCUT2D eigenvalue weighted by atomic mass is 32.2. The highest BCUT2D eigenvalue weighted by Crippen LogP contribution is 2.14. The molecule has 0 saturated heterocycles. The number of hydrogen-bond acceptors (Lipinski definition) is 3. The van der Waals surface area contributed by atoms with Gasteiger partial charge in [0.15, 0.2) is 0 Å². The topological polar surface area (TPSA) is 86.5 Å². The third-order valence-corrected chi connectivity index (χ3v) is 4.55. The van der Waals surface area contributed by atoms with Crippen LogP contribution in [-0.2, 0) is 11.1 Å². The van der Waals surface area contributed by atoms with E-state index in [9.17, 15) is 13.6 Å². The Morgan fingerprint density at radius 1 is 1.10 bits per heavy atom. The van der Waals surface area contributed by atoms with Crippen LogP contribution in [0.2, 0.25) is 0 Å². The number of primary amides is 1. The van der Waals surface area contributed by atoms with Gasteiger partial charge in [-0.2, -0.15) is 0 Å². The molecule has 0 rings (SSSR count). The maximum Gasteiger partial charge on any atom is 0.315 e. The van der Waals surface area contributed by atoms with Crippen LogP contribution < -0.4 is 5.73 Å². The Morgan fingerprint density at radius 2 is 1.55 bits per heavy atom. The van der Waals surface area contributed by atoms with Gasteiger partial charge >= 0.3 is 6.03 Å². The van der Waals surface area contributed by atoms with E-state index in [1.165, 1.54) is 45.6 Å². The molecule has 20 heavy (non-hydrogen) atoms. The second-order valence-electron chi connectivity index (χ2n) is 5.28. The van der Waals surface area contributed by atoms with E-state index >= 15 is 0 Å². The monoisotopic (exact) mass is 305 g/mol. The average Bonchev–Trinajstić information content (AvgIpc) is 2.39. The van der Waals surface area contributed by atoms with Crippen molar-refractivity contribution in [3.63, 3.8) is 0 Å². The molecule has 0 fully saturated rings. The molecule has 0 radical (unpaired) electrons. The first kappa shape index (κ1) is 19.4. The molecule has 6 heteroatoms. The zero-order valence-electron chi connectivity index (χ0n) is 12.8. The maximum atomic E-state index is 11.1. The smallest absolute Gasteiger partial charge is 0.315 e. The van der Waals surface area contributed by atoms with Crippen LogP contribution in [0.1, 0.15) is 71.1 Å². The van der Waals surface area contributed by atoms with Gasteiger partial charge in [0, 0.05) is 7.05 Å². The Kier molecular flexibility index (Phi) is 11.8. The summed E-state index contributed by atoms with van der Waals surface area (Å²) in [6.45, 7) is 2.21. The lowest BCUT2D eigenvalue weighted by Gasteiger charge is -2.28. The molecular formula is C14H29N2O3S-. The molecule has 2 N–H and O–H groups in total. The number of carbonyl (C=O) groups is 1. The molecule has 0 aromatic carbocycles. The van der Waals surface area contributed by atoms with Crippen molar-refractivity contribution < 1.29 is 13.6 Å². The van der Waals surface area contributed by atoms with Crippen LogP contribution in [-0.4, -0.2) is 32.1 Å². The fourth-order valence-electron chi connectivity index (χ4n) is 2.19. The maximum absolute atomic E-state index is 11.1. The van der Waals surface area contributed by atoms with Gasteiger partial charge in [0.05, 0.1) is 5.37 Å². The second-order valence-corrected chi connectivity index (χ2v) is 6.35. The number of hydrogen-bond donors (Lipinski definition) is 1. The molecule has 0 aliphatic heterocycles. The molecule has 0 spiro atoms. The molecule has 0 aliphatic carbocycles. The van der Waals surface area contributed by atoms with E-state index in [-0.39, 0.29) is 0 Å². The van der Waals surface area contributed by atoms with Crippen molar-refractivity contribution in [2.24, 2.45) is 5.73 Å². The van der Waals surface area contributed by atoms with Crippen molar-refractivity contribution in [3.8, 4) is 0 Å². The van der Waals surface area contributed by atoms with E-state index in [0.717, 1.165) is 24.2 Å². The SMILES string of the molecule is CCCCCCCCCCCC(N(C)C(N)=O)S(=O)[O-]. The largest absolute Gasteiger partial charge is 0.771 e. The van der Waals surface area contributed by atoms with Gasteiger partial charge in [-0.3, -0.25) is 4.21 Å². The molecule has 120 valence electrons. The van der Waals surface area contributed by atoms with Gasteiger partial charge in [-0.15, -0.1) is 0 Å². The summed E-state index contributed by atoms with van der Waals surface area (Å²) in [5, 5.41) is -0.794. The van der Waals surface area contributed by atoms with Gasteiger partial charge in [0.2, 0.25) is 0 Å². The highest BCUT2D eigenvalue weighted by molar-refractivity contribution is 7.79. The van der Waals surface area contributed by atoms with E-state index < -0.39 is 22.5 Å². The number of carbonyl (C=O) groups excluding carboxylic acids is 1. The first-order valence-electron chi connectivity index (χ1n) is 7.61. The van der Waals surface area contributed by atoms with Crippen molar-refractivity contribution in [1.29, 1.82) is 0 Å². The molecule has 2 atom stereocenters. The standard InChI is InChI=1S/C14H30N2O3S/c1-3-4-5-6-7-8-9-10-11-12-13(20(18)19)16(2)14(15)17/h13H,3-12H2,1-2H3,(H2,15,17)(H,18,19)/p-1. The first-order valence-corrected chi connectivity index (χ1v) is 8.74. The lowest BCUT2D eigenvalue weighted by Crippen LogP contribution is -2.42. The fourth-order valence-corrected chi connectivity index (χ4v) is 2.91. The zero-order chi connectivity index (χ0) is 15.4. The summed E-state index contributed by atoms with van der Waals surface area (Å²) in [7, 11) is 1.43. The van der Waals surface area contributed by atoms with Crippen LogP contribution >= 0.6 is 0 Å². The van der Waals surface area contributed by atoms with Crippen molar-refractivity contribution in [2.75, 3.05) is 7.05 Å². The molecule has 0 aromatic heterocycles. The van der Waals surface area contributed by atoms with Crippen LogP contribution in [0.3, 0.4) is 0 Å². The Bertz CT molecular complexity index is 288. The molecule has 0 saturated carbocycles. The summed E-state index contributed by atoms with van der Waals surface area (Å²) in [4.78, 5) is 12.1. The predicted molar refractivity (Wildman–Crippen MR) is 81.9 cm³/mol. The fraction of sp³-hybridized carbons (Fsp3) is 0.929. The van der Waals surface area contributed by atoms with Crippen molar-refractivity contribution >= 4 is 17.1 Å². The van der Waals surface area contributed by atoms with E-state index in [1.807, 2.05) is 0 Å². The summed E-state index contributed by atoms with van der Waals surface area (Å²) in [6.07, 6.45) is 11.1. The van der Waals surface area contributed by atoms with E-state index in [0.29, 0.717) is 6.42 Å². The summed E-state index contributed by atoms with van der Waals surface area (Å²) in [5.74, 6) is 0. The first-order chi connectivity index (χ1) is 9.50. The summed E-state index contributed by atoms with van der Waals surface area (Å²) < 4.78 is 22.1. The highest BCUT2D eigenvalue weighted by Gasteiger charge is 2.17. The number of nitrogens with zero attached hydrogens (tertiary/aromatic N) is 1. The van der Waals surface area contributed by atoms with Gasteiger partial charge in [0.25, 0.3) is 0 Å². The van der Waals surface area contributed by atoms with Gasteiger partial charge in [-0.05, 0) is 17.5 Å². The number of amides is 2. The molecule has 0 heterocycles. The van der Waals surface area contributed by atoms with Crippen LogP contribution in [0.5, 0.6) is 0 Å². The predicted octanol–water partition coefficient (Wildman–Crippen LogP) is 3.12. The summed E-state index contributed by atoms with van der Waals surface area (Å²) in [6, 6.07) is -0.699. The molecule has 5 nitrogen and oxygen atoms in total. The number of urea groups is 1. The van der Waals surface area contributed by atoms with E-state index in [4.69, 9.17) is 5.73 Å². The van der Waals surface area contributed by atoms with Crippen molar-refractivity contribution in [2.45, 2.75) is 76.5 Å². The minimum atomic E-state index is -2.29. The minimum absolute atomic E-state index is 0.464. The third kappa shape index (κ3) is 9.31. The van der Waals surface area contributed by atoms with Crippen molar-refractivity contribution in [1.82, 2.24) is 4.90 Å². The normalized spacial score (nSPS) is 13.9. The summed E-state index contributed by atoms with van der Waals surface area (Å²) in [5.41, 5.74) is 5.10. The molecule has 0 bridgehead atoms. The van der Waals surface area contributed by atoms with E-state index in [2.05, 4.69) is 6.92 Å². The number of nitrogens with two attached hydrogens (primary N) is 1. The Hall–Kier alpha value is -0.620. The Balaban J connectivity index is 3.65. The van der Waals surface area contributed by atoms with Crippen LogP contribution in [0, 0.1) is 0 Å². The zero-order valence-corrected chi connectivity index (χ0v) is 13.6. The van der Waals surface area contributed by atoms with Gasteiger partial charge in [0.1, 0.15) is 0 Å². The van der Waals surface area contributed by atoms with Gasteiger partial charge in [-0.25, -0.2) is 4.79 Å². The lowest BCUT2D eigenvalue weighted by atomic mass is 10.1. The molecular weight excluding hydrogens is 276 g/mol. The molecule has 2 unspecified atom stereocenters. The van der Waals surface area contributed by atoms with Gasteiger partial charge < -0.3 is 15.2 Å². The van der Waals surface area contributed by atoms with Crippen molar-refractivity contribution in [3.05, 3.63) is 0 Å². The summed E-state index contributed by atoms with van der Waals surface area (Å²) >= 11 is -2.29. The Labute approximate surface area is 125 Å². The van der Waals surface area contributed by atoms with Crippen LogP contribution in [0.4, 0.5) is 4.79 Å². The molecule has 0 aromatic rings. The van der Waals surface area contributed by atoms with Crippen LogP contribution in [0.15, 0.2) is 0 Å². The molecule has 2 amide bonds. The third-order valence-electron chi connectivity index (χ3n) is 3.56. The minimum Gasteiger partial charge on any atom is -0.771 e. The second kappa shape index (κ2) is 12.1. The Morgan fingerprint density at radius 3 is 1.95 bits per heavy atom.